The zero-order chi connectivity index (χ0) is 13.2. The number of carbonyl (C=O) groups is 1. The lowest BCUT2D eigenvalue weighted by atomic mass is 9.86. The van der Waals surface area contributed by atoms with Gasteiger partial charge in [0, 0.05) is 5.02 Å². The van der Waals surface area contributed by atoms with Crippen LogP contribution in [0.5, 0.6) is 0 Å². The first-order valence-electron chi connectivity index (χ1n) is 6.20. The van der Waals surface area contributed by atoms with Crippen LogP contribution in [-0.4, -0.2) is 17.7 Å². The number of aliphatic hydroxyl groups is 1. The van der Waals surface area contributed by atoms with Crippen molar-refractivity contribution in [1.29, 1.82) is 0 Å². The molecule has 3 nitrogen and oxygen atoms in total. The van der Waals surface area contributed by atoms with Crippen LogP contribution >= 0.6 is 11.6 Å². The van der Waals surface area contributed by atoms with E-state index in [1.807, 2.05) is 0 Å². The number of hydrogen-bond donors (Lipinski definition) is 1. The highest BCUT2D eigenvalue weighted by atomic mass is 35.5. The minimum absolute atomic E-state index is 0.00708. The summed E-state index contributed by atoms with van der Waals surface area (Å²) in [7, 11) is 0. The number of hydrogen-bond acceptors (Lipinski definition) is 3. The summed E-state index contributed by atoms with van der Waals surface area (Å²) in [6.07, 6.45) is 1.89. The third-order valence-electron chi connectivity index (χ3n) is 3.32. The van der Waals surface area contributed by atoms with E-state index in [1.165, 1.54) is 0 Å². The second-order valence-electron chi connectivity index (χ2n) is 4.69. The molecule has 0 aromatic heterocycles. The molecule has 1 aliphatic carbocycles. The molecule has 18 heavy (non-hydrogen) atoms. The van der Waals surface area contributed by atoms with E-state index in [2.05, 4.69) is 0 Å². The van der Waals surface area contributed by atoms with Crippen molar-refractivity contribution in [3.05, 3.63) is 34.9 Å². The summed E-state index contributed by atoms with van der Waals surface area (Å²) in [6, 6.07) is 7.02. The van der Waals surface area contributed by atoms with E-state index in [4.69, 9.17) is 16.3 Å². The monoisotopic (exact) mass is 268 g/mol. The fraction of sp³-hybridized carbons (Fsp3) is 0.500. The Bertz CT molecular complexity index is 425. The average molecular weight is 269 g/mol. The molecule has 0 unspecified atom stereocenters. The van der Waals surface area contributed by atoms with Crippen LogP contribution in [0.15, 0.2) is 24.3 Å². The summed E-state index contributed by atoms with van der Waals surface area (Å²) < 4.78 is 4.94. The summed E-state index contributed by atoms with van der Waals surface area (Å²) in [5, 5.41) is 11.4. The molecule has 2 rings (SSSR count). The van der Waals surface area contributed by atoms with Crippen molar-refractivity contribution in [3.63, 3.8) is 0 Å². The first kappa shape index (κ1) is 13.4. The van der Waals surface area contributed by atoms with E-state index in [-0.39, 0.29) is 18.3 Å². The van der Waals surface area contributed by atoms with Crippen molar-refractivity contribution in [2.75, 3.05) is 6.61 Å². The number of carbonyl (C=O) groups excluding carboxylic acids is 1. The Morgan fingerprint density at radius 1 is 1.44 bits per heavy atom. The highest BCUT2D eigenvalue weighted by molar-refractivity contribution is 6.30. The van der Waals surface area contributed by atoms with Gasteiger partial charge in [-0.15, -0.1) is 0 Å². The summed E-state index contributed by atoms with van der Waals surface area (Å²) in [5.41, 5.74) is -0.376. The van der Waals surface area contributed by atoms with E-state index in [9.17, 15) is 9.90 Å². The fourth-order valence-electron chi connectivity index (χ4n) is 2.21. The molecule has 1 fully saturated rings. The minimum atomic E-state index is -1.11. The predicted octanol–water partition coefficient (Wildman–Crippen LogP) is 2.89. The molecule has 1 aromatic carbocycles. The number of rotatable bonds is 5. The van der Waals surface area contributed by atoms with Crippen LogP contribution in [0.1, 0.15) is 31.7 Å². The molecule has 0 radical (unpaired) electrons. The van der Waals surface area contributed by atoms with E-state index < -0.39 is 5.60 Å². The molecule has 0 amide bonds. The summed E-state index contributed by atoms with van der Waals surface area (Å²) in [6.45, 7) is 2.09. The Morgan fingerprint density at radius 3 is 2.56 bits per heavy atom. The normalized spacial score (nSPS) is 18.2. The number of esters is 1. The van der Waals surface area contributed by atoms with Crippen LogP contribution in [0, 0.1) is 5.92 Å². The zero-order valence-electron chi connectivity index (χ0n) is 10.4. The van der Waals surface area contributed by atoms with Crippen molar-refractivity contribution in [3.8, 4) is 0 Å². The van der Waals surface area contributed by atoms with E-state index >= 15 is 0 Å². The smallest absolute Gasteiger partial charge is 0.309 e. The molecule has 0 spiro atoms. The standard InChI is InChI=1S/C14H17ClO3/c1-2-18-13(16)9-14(17,10-3-4-10)11-5-7-12(15)8-6-11/h5-8,10,17H,2-4,9H2,1H3/t14-/m1/s1. The fourth-order valence-corrected chi connectivity index (χ4v) is 2.34. The maximum Gasteiger partial charge on any atom is 0.309 e. The molecule has 0 saturated heterocycles. The minimum Gasteiger partial charge on any atom is -0.466 e. The molecule has 1 aromatic rings. The SMILES string of the molecule is CCOC(=O)C[C@](O)(c1ccc(Cl)cc1)C1CC1. The van der Waals surface area contributed by atoms with Gasteiger partial charge in [-0.3, -0.25) is 4.79 Å². The third kappa shape index (κ3) is 2.85. The molecular formula is C14H17ClO3. The second kappa shape index (κ2) is 5.29. The Morgan fingerprint density at radius 2 is 2.06 bits per heavy atom. The van der Waals surface area contributed by atoms with Crippen molar-refractivity contribution in [1.82, 2.24) is 0 Å². The first-order valence-corrected chi connectivity index (χ1v) is 6.58. The maximum atomic E-state index is 11.6. The van der Waals surface area contributed by atoms with Gasteiger partial charge in [0.25, 0.3) is 0 Å². The van der Waals surface area contributed by atoms with Gasteiger partial charge in [0.15, 0.2) is 0 Å². The molecule has 1 saturated carbocycles. The van der Waals surface area contributed by atoms with Crippen LogP contribution in [0.2, 0.25) is 5.02 Å². The van der Waals surface area contributed by atoms with Gasteiger partial charge in [-0.05, 0) is 43.4 Å². The molecule has 4 heteroatoms. The van der Waals surface area contributed by atoms with Gasteiger partial charge in [-0.1, -0.05) is 23.7 Å². The van der Waals surface area contributed by atoms with Crippen LogP contribution in [-0.2, 0) is 15.1 Å². The molecule has 0 bridgehead atoms. The lowest BCUT2D eigenvalue weighted by Crippen LogP contribution is -2.32. The van der Waals surface area contributed by atoms with Crippen molar-refractivity contribution in [2.24, 2.45) is 5.92 Å². The molecule has 0 heterocycles. The molecule has 1 aliphatic rings. The quantitative estimate of drug-likeness (QED) is 0.836. The highest BCUT2D eigenvalue weighted by Gasteiger charge is 2.46. The average Bonchev–Trinajstić information content (AvgIpc) is 3.13. The van der Waals surface area contributed by atoms with Crippen molar-refractivity contribution in [2.45, 2.75) is 31.8 Å². The maximum absolute atomic E-state index is 11.6. The van der Waals surface area contributed by atoms with Gasteiger partial charge >= 0.3 is 5.97 Å². The summed E-state index contributed by atoms with van der Waals surface area (Å²) in [5.74, 6) is -0.218. The van der Waals surface area contributed by atoms with Gasteiger partial charge in [0.1, 0.15) is 5.60 Å². The predicted molar refractivity (Wildman–Crippen MR) is 69.3 cm³/mol. The second-order valence-corrected chi connectivity index (χ2v) is 5.12. The molecular weight excluding hydrogens is 252 g/mol. The molecule has 1 atom stereocenters. The largest absolute Gasteiger partial charge is 0.466 e. The molecule has 1 N–H and O–H groups in total. The Labute approximate surface area is 112 Å². The Hall–Kier alpha value is -1.06. The van der Waals surface area contributed by atoms with Crippen molar-refractivity contribution >= 4 is 17.6 Å². The van der Waals surface area contributed by atoms with Gasteiger partial charge in [-0.25, -0.2) is 0 Å². The number of benzene rings is 1. The van der Waals surface area contributed by atoms with Crippen LogP contribution in [0.3, 0.4) is 0 Å². The summed E-state index contributed by atoms with van der Waals surface area (Å²) in [4.78, 5) is 11.6. The topological polar surface area (TPSA) is 46.5 Å². The van der Waals surface area contributed by atoms with Gasteiger partial charge in [0.2, 0.25) is 0 Å². The number of halogens is 1. The lowest BCUT2D eigenvalue weighted by molar-refractivity contribution is -0.150. The van der Waals surface area contributed by atoms with E-state index in [1.54, 1.807) is 31.2 Å². The van der Waals surface area contributed by atoms with Gasteiger partial charge in [0.05, 0.1) is 13.0 Å². The van der Waals surface area contributed by atoms with E-state index in [0.717, 1.165) is 18.4 Å². The zero-order valence-corrected chi connectivity index (χ0v) is 11.1. The Kier molecular flexibility index (Phi) is 3.93. The lowest BCUT2D eigenvalue weighted by Gasteiger charge is -2.27. The molecule has 0 aliphatic heterocycles. The summed E-state index contributed by atoms with van der Waals surface area (Å²) >= 11 is 5.84. The van der Waals surface area contributed by atoms with Gasteiger partial charge < -0.3 is 9.84 Å². The van der Waals surface area contributed by atoms with Crippen molar-refractivity contribution < 1.29 is 14.6 Å². The van der Waals surface area contributed by atoms with Crippen LogP contribution in [0.4, 0.5) is 0 Å². The number of ether oxygens (including phenoxy) is 1. The van der Waals surface area contributed by atoms with Crippen LogP contribution < -0.4 is 0 Å². The highest BCUT2D eigenvalue weighted by Crippen LogP contribution is 2.48. The Balaban J connectivity index is 2.20. The first-order chi connectivity index (χ1) is 8.56. The van der Waals surface area contributed by atoms with Gasteiger partial charge in [-0.2, -0.15) is 0 Å². The molecule has 98 valence electrons. The van der Waals surface area contributed by atoms with E-state index in [0.29, 0.717) is 11.6 Å². The third-order valence-corrected chi connectivity index (χ3v) is 3.57. The van der Waals surface area contributed by atoms with Crippen LogP contribution in [0.25, 0.3) is 0 Å².